The van der Waals surface area contributed by atoms with Crippen LogP contribution in [0.4, 0.5) is 11.6 Å². The highest BCUT2D eigenvalue weighted by Crippen LogP contribution is 2.18. The van der Waals surface area contributed by atoms with Gasteiger partial charge in [-0.05, 0) is 49.8 Å². The van der Waals surface area contributed by atoms with Crippen LogP contribution in [0, 0.1) is 0 Å². The third-order valence-electron chi connectivity index (χ3n) is 7.17. The number of carbonyl (C=O) groups is 2. The minimum Gasteiger partial charge on any atom is -0.484 e. The number of likely N-dealkylation sites (tertiary alicyclic amines) is 2. The van der Waals surface area contributed by atoms with E-state index in [1.807, 2.05) is 24.3 Å². The number of quaternary nitrogens is 1. The Kier molecular flexibility index (Phi) is 9.59. The van der Waals surface area contributed by atoms with E-state index >= 15 is 0 Å². The zero-order valence-electron chi connectivity index (χ0n) is 21.5. The smallest absolute Gasteiger partial charge is 0.274 e. The molecule has 2 aliphatic rings. The summed E-state index contributed by atoms with van der Waals surface area (Å²) in [5.41, 5.74) is 12.6. The Bertz CT molecular complexity index is 1110. The molecule has 11 nitrogen and oxygen atoms in total. The van der Waals surface area contributed by atoms with Gasteiger partial charge in [-0.25, -0.2) is 9.97 Å². The van der Waals surface area contributed by atoms with Crippen LogP contribution < -0.4 is 26.4 Å². The second-order valence-corrected chi connectivity index (χ2v) is 10.4. The zero-order valence-corrected chi connectivity index (χ0v) is 22.3. The van der Waals surface area contributed by atoms with Gasteiger partial charge in [0.15, 0.2) is 29.1 Å². The molecule has 1 aromatic carbocycles. The molecule has 2 amide bonds. The Balaban J connectivity index is 1.17. The monoisotopic (exact) mass is 546 g/mol. The van der Waals surface area contributed by atoms with Crippen LogP contribution in [0.3, 0.4) is 0 Å². The maximum Gasteiger partial charge on any atom is 0.274 e. The first kappa shape index (κ1) is 27.9. The number of aliphatic hydroxyl groups excluding tert-OH is 1. The number of ether oxygens (including phenoxy) is 1. The summed E-state index contributed by atoms with van der Waals surface area (Å²) in [7, 11) is 0. The summed E-state index contributed by atoms with van der Waals surface area (Å²) in [6, 6.07) is 7.90. The normalized spacial score (nSPS) is 20.2. The highest BCUT2D eigenvalue weighted by Gasteiger charge is 2.26. The molecule has 0 radical (unpaired) electrons. The number of anilines is 2. The fourth-order valence-corrected chi connectivity index (χ4v) is 5.14. The van der Waals surface area contributed by atoms with Crippen molar-refractivity contribution in [3.8, 4) is 5.75 Å². The van der Waals surface area contributed by atoms with Crippen LogP contribution in [-0.2, 0) is 11.2 Å². The van der Waals surface area contributed by atoms with Crippen LogP contribution in [0.25, 0.3) is 0 Å². The SMILES string of the molecule is Nc1nc(N)c(C(=O)N[C@H]2CCC[NH+](CCCc3ccc(OCC(=O)N4CCC(O)CC4)cc3)C2)nc1Cl. The summed E-state index contributed by atoms with van der Waals surface area (Å²) in [4.78, 5) is 36.0. The molecule has 38 heavy (non-hydrogen) atoms. The molecule has 0 bridgehead atoms. The molecule has 2 aliphatic heterocycles. The number of amides is 2. The van der Waals surface area contributed by atoms with Crippen molar-refractivity contribution in [3.63, 3.8) is 0 Å². The first-order chi connectivity index (χ1) is 18.3. The Morgan fingerprint density at radius 3 is 2.61 bits per heavy atom. The molecule has 0 saturated carbocycles. The van der Waals surface area contributed by atoms with Gasteiger partial charge >= 0.3 is 0 Å². The van der Waals surface area contributed by atoms with Crippen molar-refractivity contribution in [2.45, 2.75) is 50.7 Å². The van der Waals surface area contributed by atoms with E-state index in [9.17, 15) is 14.7 Å². The lowest BCUT2D eigenvalue weighted by Crippen LogP contribution is -3.14. The zero-order chi connectivity index (χ0) is 27.1. The van der Waals surface area contributed by atoms with E-state index in [0.717, 1.165) is 45.3 Å². The van der Waals surface area contributed by atoms with E-state index in [1.165, 1.54) is 10.5 Å². The predicted molar refractivity (Wildman–Crippen MR) is 144 cm³/mol. The maximum atomic E-state index is 12.7. The summed E-state index contributed by atoms with van der Waals surface area (Å²) in [6.45, 7) is 4.07. The highest BCUT2D eigenvalue weighted by molar-refractivity contribution is 6.31. The molecule has 7 N–H and O–H groups in total. The van der Waals surface area contributed by atoms with Gasteiger partial charge in [0.1, 0.15) is 5.75 Å². The van der Waals surface area contributed by atoms with Gasteiger partial charge in [0, 0.05) is 19.5 Å². The van der Waals surface area contributed by atoms with Crippen LogP contribution in [0.2, 0.25) is 5.15 Å². The number of rotatable bonds is 9. The topological polar surface area (TPSA) is 161 Å². The number of hydrogen-bond acceptors (Lipinski definition) is 8. The molecule has 2 saturated heterocycles. The Morgan fingerprint density at radius 1 is 1.13 bits per heavy atom. The lowest BCUT2D eigenvalue weighted by molar-refractivity contribution is -0.906. The second-order valence-electron chi connectivity index (χ2n) is 10.0. The summed E-state index contributed by atoms with van der Waals surface area (Å²) in [6.07, 6.45) is 4.81. The van der Waals surface area contributed by atoms with Crippen LogP contribution >= 0.6 is 11.6 Å². The Hall–Kier alpha value is -3.15. The van der Waals surface area contributed by atoms with Crippen LogP contribution in [0.15, 0.2) is 24.3 Å². The third kappa shape index (κ3) is 7.68. The van der Waals surface area contributed by atoms with Gasteiger partial charge in [0.2, 0.25) is 0 Å². The molecule has 2 fully saturated rings. The van der Waals surface area contributed by atoms with E-state index in [2.05, 4.69) is 15.3 Å². The van der Waals surface area contributed by atoms with E-state index < -0.39 is 0 Å². The lowest BCUT2D eigenvalue weighted by Gasteiger charge is -2.30. The molecule has 2 aromatic rings. The molecule has 206 valence electrons. The Labute approximate surface area is 227 Å². The van der Waals surface area contributed by atoms with Crippen molar-refractivity contribution in [2.75, 3.05) is 50.8 Å². The second kappa shape index (κ2) is 13.1. The van der Waals surface area contributed by atoms with Gasteiger partial charge in [-0.3, -0.25) is 9.59 Å². The predicted octanol–water partition coefficient (Wildman–Crippen LogP) is 0.0664. The average Bonchev–Trinajstić information content (AvgIpc) is 2.90. The molecule has 0 aliphatic carbocycles. The number of nitrogen functional groups attached to an aromatic ring is 2. The molecule has 4 rings (SSSR count). The van der Waals surface area contributed by atoms with E-state index in [0.29, 0.717) is 31.7 Å². The van der Waals surface area contributed by atoms with Crippen molar-refractivity contribution in [3.05, 3.63) is 40.7 Å². The molecule has 2 atom stereocenters. The van der Waals surface area contributed by atoms with Crippen molar-refractivity contribution in [1.29, 1.82) is 0 Å². The number of piperidine rings is 2. The number of nitrogens with zero attached hydrogens (tertiary/aromatic N) is 3. The number of carbonyl (C=O) groups excluding carboxylic acids is 2. The number of nitrogens with two attached hydrogens (primary N) is 2. The summed E-state index contributed by atoms with van der Waals surface area (Å²) in [5, 5.41) is 12.6. The van der Waals surface area contributed by atoms with Gasteiger partial charge in [-0.1, -0.05) is 23.7 Å². The molecular weight excluding hydrogens is 510 g/mol. The van der Waals surface area contributed by atoms with Gasteiger partial charge in [0.25, 0.3) is 11.8 Å². The molecule has 12 heteroatoms. The molecule has 1 aromatic heterocycles. The number of benzene rings is 1. The number of halogens is 1. The molecule has 0 spiro atoms. The van der Waals surface area contributed by atoms with Crippen LogP contribution in [0.1, 0.15) is 48.2 Å². The van der Waals surface area contributed by atoms with Crippen molar-refractivity contribution in [1.82, 2.24) is 20.2 Å². The number of nitrogens with one attached hydrogen (secondary N) is 2. The van der Waals surface area contributed by atoms with Crippen molar-refractivity contribution in [2.24, 2.45) is 0 Å². The van der Waals surface area contributed by atoms with Gasteiger partial charge in [-0.2, -0.15) is 0 Å². The average molecular weight is 547 g/mol. The quantitative estimate of drug-likeness (QED) is 0.295. The number of hydrogen-bond donors (Lipinski definition) is 5. The third-order valence-corrected chi connectivity index (χ3v) is 7.45. The standard InChI is InChI=1S/C26H36ClN7O4/c27-23-25(29)32-24(28)22(31-23)26(37)30-18-4-2-12-33(15-18)11-1-3-17-5-7-20(8-6-17)38-16-21(36)34-13-9-19(35)10-14-34/h5-8,18-19,35H,1-4,9-16H2,(H,30,37)(H4,28,29,32)/p+1/t18-/m0/s1. The largest absolute Gasteiger partial charge is 0.484 e. The van der Waals surface area contributed by atoms with Crippen LogP contribution in [0.5, 0.6) is 5.75 Å². The fourth-order valence-electron chi connectivity index (χ4n) is 5.01. The maximum absolute atomic E-state index is 12.7. The highest BCUT2D eigenvalue weighted by atomic mass is 35.5. The van der Waals surface area contributed by atoms with Crippen molar-refractivity contribution < 1.29 is 24.3 Å². The molecular formula is C26H37ClN7O4+. The van der Waals surface area contributed by atoms with Gasteiger partial charge in [0.05, 0.1) is 31.8 Å². The lowest BCUT2D eigenvalue weighted by atomic mass is 10.0. The van der Waals surface area contributed by atoms with Gasteiger partial charge < -0.3 is 36.4 Å². The minimum absolute atomic E-state index is 0.000510. The van der Waals surface area contributed by atoms with E-state index in [-0.39, 0.29) is 53.0 Å². The number of aliphatic hydroxyl groups is 1. The number of aromatic nitrogens is 2. The summed E-state index contributed by atoms with van der Waals surface area (Å²) in [5.74, 6) is 0.208. The van der Waals surface area contributed by atoms with E-state index in [1.54, 1.807) is 4.90 Å². The number of aryl methyl sites for hydroxylation is 1. The van der Waals surface area contributed by atoms with E-state index in [4.69, 9.17) is 27.8 Å². The first-order valence-corrected chi connectivity index (χ1v) is 13.6. The molecule has 1 unspecified atom stereocenters. The van der Waals surface area contributed by atoms with Gasteiger partial charge in [-0.15, -0.1) is 0 Å². The van der Waals surface area contributed by atoms with Crippen molar-refractivity contribution >= 4 is 35.1 Å². The summed E-state index contributed by atoms with van der Waals surface area (Å²) < 4.78 is 5.68. The first-order valence-electron chi connectivity index (χ1n) is 13.2. The summed E-state index contributed by atoms with van der Waals surface area (Å²) >= 11 is 5.91. The Morgan fingerprint density at radius 2 is 1.87 bits per heavy atom. The van der Waals surface area contributed by atoms with Crippen LogP contribution in [-0.4, -0.2) is 83.3 Å². The molecule has 3 heterocycles. The minimum atomic E-state index is -0.387. The fraction of sp³-hybridized carbons (Fsp3) is 0.538.